The lowest BCUT2D eigenvalue weighted by atomic mass is 9.90. The van der Waals surface area contributed by atoms with Crippen LogP contribution in [0.1, 0.15) is 20.3 Å². The van der Waals surface area contributed by atoms with E-state index in [0.29, 0.717) is 12.2 Å². The zero-order valence-electron chi connectivity index (χ0n) is 10.9. The molecule has 1 aromatic carbocycles. The standard InChI is InChI=1S/C14H16O4S/c1-13-8-9-14(2,18-13)12(10-13)19(15,16)17-11-6-4-3-5-7-11/h3-9,12H,10H2,1-2H3/t12-,13+,14-/m0/s1. The van der Waals surface area contributed by atoms with E-state index in [-0.39, 0.29) is 0 Å². The van der Waals surface area contributed by atoms with E-state index in [4.69, 9.17) is 8.92 Å². The molecule has 2 aliphatic rings. The number of hydrogen-bond donors (Lipinski definition) is 0. The van der Waals surface area contributed by atoms with Gasteiger partial charge in [-0.1, -0.05) is 30.4 Å². The second kappa shape index (κ2) is 3.84. The lowest BCUT2D eigenvalue weighted by Crippen LogP contribution is -2.41. The number of hydrogen-bond acceptors (Lipinski definition) is 4. The van der Waals surface area contributed by atoms with Gasteiger partial charge in [-0.05, 0) is 26.0 Å². The van der Waals surface area contributed by atoms with E-state index in [1.54, 1.807) is 31.2 Å². The molecule has 0 N–H and O–H groups in total. The molecule has 0 amide bonds. The highest BCUT2D eigenvalue weighted by atomic mass is 32.2. The lowest BCUT2D eigenvalue weighted by molar-refractivity contribution is -0.00981. The monoisotopic (exact) mass is 280 g/mol. The van der Waals surface area contributed by atoms with Crippen molar-refractivity contribution in [3.63, 3.8) is 0 Å². The molecule has 0 aliphatic carbocycles. The molecule has 1 aromatic rings. The van der Waals surface area contributed by atoms with Crippen molar-refractivity contribution in [2.24, 2.45) is 0 Å². The van der Waals surface area contributed by atoms with Crippen LogP contribution in [0.2, 0.25) is 0 Å². The number of benzene rings is 1. The Bertz CT molecular complexity index is 622. The highest BCUT2D eigenvalue weighted by Crippen LogP contribution is 2.48. The molecule has 0 spiro atoms. The summed E-state index contributed by atoms with van der Waals surface area (Å²) in [7, 11) is -3.72. The van der Waals surface area contributed by atoms with E-state index >= 15 is 0 Å². The summed E-state index contributed by atoms with van der Waals surface area (Å²) in [5.74, 6) is 0.336. The van der Waals surface area contributed by atoms with E-state index in [0.717, 1.165) is 0 Å². The summed E-state index contributed by atoms with van der Waals surface area (Å²) in [4.78, 5) is 0. The Morgan fingerprint density at radius 1 is 1.21 bits per heavy atom. The summed E-state index contributed by atoms with van der Waals surface area (Å²) in [5.41, 5.74) is -1.28. The molecule has 3 rings (SSSR count). The number of fused-ring (bicyclic) bond motifs is 2. The van der Waals surface area contributed by atoms with Gasteiger partial charge in [0.25, 0.3) is 0 Å². The Morgan fingerprint density at radius 2 is 1.89 bits per heavy atom. The van der Waals surface area contributed by atoms with Crippen molar-refractivity contribution in [2.45, 2.75) is 36.7 Å². The lowest BCUT2D eigenvalue weighted by Gasteiger charge is -2.25. The van der Waals surface area contributed by atoms with Crippen LogP contribution < -0.4 is 4.18 Å². The molecule has 1 saturated heterocycles. The summed E-state index contributed by atoms with van der Waals surface area (Å²) in [6, 6.07) is 8.55. The third-order valence-corrected chi connectivity index (χ3v) is 5.51. The maximum absolute atomic E-state index is 12.4. The van der Waals surface area contributed by atoms with Crippen LogP contribution in [-0.4, -0.2) is 24.9 Å². The van der Waals surface area contributed by atoms with Gasteiger partial charge in [-0.2, -0.15) is 8.42 Å². The predicted octanol–water partition coefficient (Wildman–Crippen LogP) is 2.27. The highest BCUT2D eigenvalue weighted by molar-refractivity contribution is 7.87. The maximum atomic E-state index is 12.4. The molecule has 1 fully saturated rings. The quantitative estimate of drug-likeness (QED) is 0.629. The Morgan fingerprint density at radius 3 is 2.42 bits per heavy atom. The fourth-order valence-electron chi connectivity index (χ4n) is 2.82. The predicted molar refractivity (Wildman–Crippen MR) is 71.4 cm³/mol. The minimum atomic E-state index is -3.72. The largest absolute Gasteiger partial charge is 0.382 e. The zero-order chi connectivity index (χ0) is 13.7. The van der Waals surface area contributed by atoms with Crippen molar-refractivity contribution in [1.82, 2.24) is 0 Å². The Kier molecular flexibility index (Phi) is 2.56. The summed E-state index contributed by atoms with van der Waals surface area (Å²) in [5, 5.41) is -0.671. The van der Waals surface area contributed by atoms with Crippen LogP contribution in [0.5, 0.6) is 5.75 Å². The Balaban J connectivity index is 1.89. The molecule has 2 bridgehead atoms. The SMILES string of the molecule is C[C@]12C=C[C@](C)(O1)[C@@H](S(=O)(=O)Oc1ccccc1)C2. The normalized spacial score (nSPS) is 36.6. The third kappa shape index (κ3) is 2.07. The van der Waals surface area contributed by atoms with E-state index in [1.807, 2.05) is 25.1 Å². The van der Waals surface area contributed by atoms with Gasteiger partial charge >= 0.3 is 10.1 Å². The van der Waals surface area contributed by atoms with Crippen LogP contribution >= 0.6 is 0 Å². The Hall–Kier alpha value is -1.33. The Labute approximate surface area is 113 Å². The van der Waals surface area contributed by atoms with Gasteiger partial charge in [-0.3, -0.25) is 0 Å². The van der Waals surface area contributed by atoms with Crippen LogP contribution in [0.3, 0.4) is 0 Å². The van der Waals surface area contributed by atoms with Gasteiger partial charge in [-0.25, -0.2) is 0 Å². The van der Waals surface area contributed by atoms with E-state index < -0.39 is 26.6 Å². The fraction of sp³-hybridized carbons (Fsp3) is 0.429. The minimum absolute atomic E-state index is 0.336. The first kappa shape index (κ1) is 12.7. The van der Waals surface area contributed by atoms with E-state index in [1.165, 1.54) is 0 Å². The highest BCUT2D eigenvalue weighted by Gasteiger charge is 2.59. The second-order valence-corrected chi connectivity index (χ2v) is 7.24. The van der Waals surface area contributed by atoms with E-state index in [9.17, 15) is 8.42 Å². The molecule has 2 heterocycles. The molecular formula is C14H16O4S. The first-order valence-electron chi connectivity index (χ1n) is 6.22. The molecule has 0 saturated carbocycles. The number of rotatable bonds is 3. The van der Waals surface area contributed by atoms with E-state index in [2.05, 4.69) is 0 Å². The molecule has 4 nitrogen and oxygen atoms in total. The average molecular weight is 280 g/mol. The molecule has 0 unspecified atom stereocenters. The first-order chi connectivity index (χ1) is 8.83. The molecule has 5 heteroatoms. The van der Waals surface area contributed by atoms with Crippen molar-refractivity contribution in [2.75, 3.05) is 0 Å². The van der Waals surface area contributed by atoms with Crippen LogP contribution in [0.4, 0.5) is 0 Å². The number of ether oxygens (including phenoxy) is 1. The van der Waals surface area contributed by atoms with Crippen molar-refractivity contribution >= 4 is 10.1 Å². The van der Waals surface area contributed by atoms with Crippen LogP contribution in [0.25, 0.3) is 0 Å². The van der Waals surface area contributed by atoms with Crippen LogP contribution in [0, 0.1) is 0 Å². The van der Waals surface area contributed by atoms with Gasteiger partial charge < -0.3 is 8.92 Å². The molecule has 2 aliphatic heterocycles. The molecule has 0 radical (unpaired) electrons. The molecule has 3 atom stereocenters. The van der Waals surface area contributed by atoms with Gasteiger partial charge in [0, 0.05) is 6.42 Å². The van der Waals surface area contributed by atoms with Crippen LogP contribution in [0.15, 0.2) is 42.5 Å². The number of para-hydroxylation sites is 1. The smallest absolute Gasteiger partial charge is 0.315 e. The molecule has 0 aromatic heterocycles. The summed E-state index contributed by atoms with van der Waals surface area (Å²) in [6.07, 6.45) is 4.18. The average Bonchev–Trinajstić information content (AvgIpc) is 2.78. The van der Waals surface area contributed by atoms with Crippen LogP contribution in [-0.2, 0) is 14.9 Å². The summed E-state index contributed by atoms with van der Waals surface area (Å²) < 4.78 is 35.8. The van der Waals surface area contributed by atoms with Crippen molar-refractivity contribution in [3.8, 4) is 5.75 Å². The van der Waals surface area contributed by atoms with Gasteiger partial charge in [0.2, 0.25) is 0 Å². The van der Waals surface area contributed by atoms with Gasteiger partial charge in [0.15, 0.2) is 0 Å². The van der Waals surface area contributed by atoms with Crippen molar-refractivity contribution < 1.29 is 17.3 Å². The summed E-state index contributed by atoms with van der Waals surface area (Å²) >= 11 is 0. The van der Waals surface area contributed by atoms with Gasteiger partial charge in [-0.15, -0.1) is 0 Å². The van der Waals surface area contributed by atoms with Crippen molar-refractivity contribution in [1.29, 1.82) is 0 Å². The topological polar surface area (TPSA) is 52.6 Å². The minimum Gasteiger partial charge on any atom is -0.382 e. The van der Waals surface area contributed by atoms with Gasteiger partial charge in [0.1, 0.15) is 16.6 Å². The maximum Gasteiger partial charge on any atom is 0.315 e. The molecular weight excluding hydrogens is 264 g/mol. The molecule has 102 valence electrons. The molecule has 19 heavy (non-hydrogen) atoms. The fourth-order valence-corrected chi connectivity index (χ4v) is 4.55. The van der Waals surface area contributed by atoms with Gasteiger partial charge in [0.05, 0.1) is 5.60 Å². The summed E-state index contributed by atoms with van der Waals surface area (Å²) in [6.45, 7) is 3.69. The zero-order valence-corrected chi connectivity index (χ0v) is 11.7. The second-order valence-electron chi connectivity index (χ2n) is 5.51. The third-order valence-electron chi connectivity index (χ3n) is 3.75. The van der Waals surface area contributed by atoms with Crippen molar-refractivity contribution in [3.05, 3.63) is 42.5 Å². The first-order valence-corrected chi connectivity index (χ1v) is 7.69.